The molecule has 0 atom stereocenters. The molecule has 0 aliphatic carbocycles. The quantitative estimate of drug-likeness (QED) is 0.327. The first-order chi connectivity index (χ1) is 11.1. The van der Waals surface area contributed by atoms with Crippen molar-refractivity contribution < 1.29 is 14.3 Å². The maximum atomic E-state index is 11.0. The van der Waals surface area contributed by atoms with Gasteiger partial charge < -0.3 is 14.8 Å². The zero-order chi connectivity index (χ0) is 16.7. The predicted octanol–water partition coefficient (Wildman–Crippen LogP) is 2.63. The van der Waals surface area contributed by atoms with E-state index in [1.54, 1.807) is 36.4 Å². The van der Waals surface area contributed by atoms with E-state index < -0.39 is 5.97 Å². The number of thiocarbonyl (C=S) groups is 1. The Balaban J connectivity index is 2.03. The van der Waals surface area contributed by atoms with Crippen LogP contribution in [0.4, 0.5) is 0 Å². The van der Waals surface area contributed by atoms with Crippen LogP contribution in [0.3, 0.4) is 0 Å². The van der Waals surface area contributed by atoms with E-state index in [0.29, 0.717) is 28.7 Å². The van der Waals surface area contributed by atoms with Crippen molar-refractivity contribution in [3.05, 3.63) is 60.4 Å². The molecule has 0 saturated carbocycles. The average Bonchev–Trinajstić information content (AvgIpc) is 3.02. The monoisotopic (exact) mass is 329 g/mol. The number of nitrogens with one attached hydrogen (secondary N) is 2. The smallest absolute Gasteiger partial charge is 0.335 e. The maximum Gasteiger partial charge on any atom is 0.335 e. The third-order valence-corrected chi connectivity index (χ3v) is 3.02. The zero-order valence-electron chi connectivity index (χ0n) is 12.2. The van der Waals surface area contributed by atoms with Crippen LogP contribution in [0.5, 0.6) is 0 Å². The Morgan fingerprint density at radius 3 is 2.96 bits per heavy atom. The first-order valence-corrected chi connectivity index (χ1v) is 7.12. The first-order valence-electron chi connectivity index (χ1n) is 6.71. The number of hydrogen-bond acceptors (Lipinski definition) is 4. The SMILES string of the molecule is C=CCNC(=S)N/N=C/c1ccc(-c2cccc(C(=O)O)c2)o1. The van der Waals surface area contributed by atoms with Gasteiger partial charge in [-0.3, -0.25) is 5.43 Å². The molecular formula is C16H15N3O3S. The molecule has 7 heteroatoms. The second-order valence-electron chi connectivity index (χ2n) is 4.46. The van der Waals surface area contributed by atoms with Gasteiger partial charge in [0.05, 0.1) is 11.8 Å². The van der Waals surface area contributed by atoms with Crippen molar-refractivity contribution in [2.24, 2.45) is 5.10 Å². The maximum absolute atomic E-state index is 11.0. The zero-order valence-corrected chi connectivity index (χ0v) is 13.0. The molecule has 0 aliphatic heterocycles. The summed E-state index contributed by atoms with van der Waals surface area (Å²) in [5.41, 5.74) is 3.53. The van der Waals surface area contributed by atoms with E-state index in [1.165, 1.54) is 12.3 Å². The van der Waals surface area contributed by atoms with Gasteiger partial charge in [0.15, 0.2) is 5.11 Å². The van der Waals surface area contributed by atoms with Crippen molar-refractivity contribution in [1.29, 1.82) is 0 Å². The average molecular weight is 329 g/mol. The molecule has 6 nitrogen and oxygen atoms in total. The Morgan fingerprint density at radius 2 is 2.22 bits per heavy atom. The number of nitrogens with zero attached hydrogens (tertiary/aromatic N) is 1. The minimum Gasteiger partial charge on any atom is -0.478 e. The van der Waals surface area contributed by atoms with E-state index in [0.717, 1.165) is 0 Å². The molecule has 23 heavy (non-hydrogen) atoms. The van der Waals surface area contributed by atoms with Crippen LogP contribution in [0, 0.1) is 0 Å². The molecule has 0 amide bonds. The second kappa shape index (κ2) is 7.90. The number of carboxylic acid groups (broad SMARTS) is 1. The summed E-state index contributed by atoms with van der Waals surface area (Å²) >= 11 is 4.99. The number of rotatable bonds is 6. The van der Waals surface area contributed by atoms with Gasteiger partial charge in [0, 0.05) is 12.1 Å². The Kier molecular flexibility index (Phi) is 5.65. The standard InChI is InChI=1S/C16H15N3O3S/c1-2-8-17-16(23)19-18-10-13-6-7-14(22-13)11-4-3-5-12(9-11)15(20)21/h2-7,9-10H,1,8H2,(H,20,21)(H2,17,19,23)/b18-10+. The fourth-order valence-corrected chi connectivity index (χ4v) is 1.88. The van der Waals surface area contributed by atoms with Crippen LogP contribution in [0.25, 0.3) is 11.3 Å². The van der Waals surface area contributed by atoms with Crippen molar-refractivity contribution in [2.45, 2.75) is 0 Å². The number of aromatic carboxylic acids is 1. The Hall–Kier alpha value is -2.93. The van der Waals surface area contributed by atoms with E-state index in [1.807, 2.05) is 0 Å². The summed E-state index contributed by atoms with van der Waals surface area (Å²) < 4.78 is 5.61. The van der Waals surface area contributed by atoms with Gasteiger partial charge in [-0.1, -0.05) is 18.2 Å². The third-order valence-electron chi connectivity index (χ3n) is 2.79. The highest BCUT2D eigenvalue weighted by Crippen LogP contribution is 2.22. The summed E-state index contributed by atoms with van der Waals surface area (Å²) in [6.07, 6.45) is 3.16. The molecule has 2 aromatic rings. The highest BCUT2D eigenvalue weighted by atomic mass is 32.1. The summed E-state index contributed by atoms with van der Waals surface area (Å²) in [6, 6.07) is 10.00. The van der Waals surface area contributed by atoms with Gasteiger partial charge in [0.1, 0.15) is 11.5 Å². The van der Waals surface area contributed by atoms with Crippen molar-refractivity contribution >= 4 is 29.5 Å². The third kappa shape index (κ3) is 4.79. The normalized spacial score (nSPS) is 10.4. The van der Waals surface area contributed by atoms with Crippen LogP contribution in [-0.4, -0.2) is 28.9 Å². The Bertz CT molecular complexity index is 753. The van der Waals surface area contributed by atoms with E-state index in [2.05, 4.69) is 22.4 Å². The van der Waals surface area contributed by atoms with Crippen LogP contribution in [-0.2, 0) is 0 Å². The first kappa shape index (κ1) is 16.4. The lowest BCUT2D eigenvalue weighted by molar-refractivity contribution is 0.0697. The lowest BCUT2D eigenvalue weighted by Crippen LogP contribution is -2.31. The number of carbonyl (C=O) groups is 1. The van der Waals surface area contributed by atoms with Gasteiger partial charge >= 0.3 is 5.97 Å². The fourth-order valence-electron chi connectivity index (χ4n) is 1.74. The van der Waals surface area contributed by atoms with Crippen LogP contribution in [0.15, 0.2) is 58.6 Å². The van der Waals surface area contributed by atoms with Crippen LogP contribution >= 0.6 is 12.2 Å². The van der Waals surface area contributed by atoms with Gasteiger partial charge in [-0.15, -0.1) is 6.58 Å². The van der Waals surface area contributed by atoms with Crippen molar-refractivity contribution in [3.8, 4) is 11.3 Å². The van der Waals surface area contributed by atoms with Crippen molar-refractivity contribution in [1.82, 2.24) is 10.7 Å². The lowest BCUT2D eigenvalue weighted by atomic mass is 10.1. The highest BCUT2D eigenvalue weighted by molar-refractivity contribution is 7.80. The summed E-state index contributed by atoms with van der Waals surface area (Å²) in [4.78, 5) is 11.0. The van der Waals surface area contributed by atoms with E-state index in [-0.39, 0.29) is 5.56 Å². The Morgan fingerprint density at radius 1 is 1.39 bits per heavy atom. The molecule has 1 aromatic carbocycles. The van der Waals surface area contributed by atoms with Gasteiger partial charge in [0.2, 0.25) is 0 Å². The van der Waals surface area contributed by atoms with Gasteiger partial charge in [-0.2, -0.15) is 5.10 Å². The van der Waals surface area contributed by atoms with Crippen molar-refractivity contribution in [2.75, 3.05) is 6.54 Å². The number of hydrogen-bond donors (Lipinski definition) is 3. The van der Waals surface area contributed by atoms with E-state index in [9.17, 15) is 4.79 Å². The fraction of sp³-hybridized carbons (Fsp3) is 0.0625. The van der Waals surface area contributed by atoms with Gasteiger partial charge in [-0.05, 0) is 36.5 Å². The Labute approximate surface area is 138 Å². The lowest BCUT2D eigenvalue weighted by Gasteiger charge is -2.02. The molecule has 2 rings (SSSR count). The largest absolute Gasteiger partial charge is 0.478 e. The van der Waals surface area contributed by atoms with Crippen molar-refractivity contribution in [3.63, 3.8) is 0 Å². The second-order valence-corrected chi connectivity index (χ2v) is 4.86. The topological polar surface area (TPSA) is 86.9 Å². The molecule has 0 saturated heterocycles. The van der Waals surface area contributed by atoms with E-state index in [4.69, 9.17) is 21.7 Å². The van der Waals surface area contributed by atoms with E-state index >= 15 is 0 Å². The summed E-state index contributed by atoms with van der Waals surface area (Å²) in [5.74, 6) is 0.0894. The molecule has 0 unspecified atom stereocenters. The molecule has 0 bridgehead atoms. The van der Waals surface area contributed by atoms with Crippen LogP contribution in [0.1, 0.15) is 16.1 Å². The number of carboxylic acids is 1. The van der Waals surface area contributed by atoms with Gasteiger partial charge in [0.25, 0.3) is 0 Å². The summed E-state index contributed by atoms with van der Waals surface area (Å²) in [7, 11) is 0. The molecule has 118 valence electrons. The predicted molar refractivity (Wildman–Crippen MR) is 92.6 cm³/mol. The minimum absolute atomic E-state index is 0.203. The molecule has 1 aromatic heterocycles. The number of benzene rings is 1. The molecule has 0 aliphatic rings. The molecule has 0 radical (unpaired) electrons. The molecular weight excluding hydrogens is 314 g/mol. The summed E-state index contributed by atoms with van der Waals surface area (Å²) in [6.45, 7) is 4.12. The molecule has 0 spiro atoms. The molecule has 3 N–H and O–H groups in total. The van der Waals surface area contributed by atoms with Crippen LogP contribution in [0.2, 0.25) is 0 Å². The van der Waals surface area contributed by atoms with Gasteiger partial charge in [-0.25, -0.2) is 4.79 Å². The number of furan rings is 1. The number of hydrazone groups is 1. The molecule has 0 fully saturated rings. The molecule has 1 heterocycles. The van der Waals surface area contributed by atoms with Crippen LogP contribution < -0.4 is 10.7 Å². The minimum atomic E-state index is -0.982. The highest BCUT2D eigenvalue weighted by Gasteiger charge is 2.07. The summed E-state index contributed by atoms with van der Waals surface area (Å²) in [5, 5.41) is 16.2.